The van der Waals surface area contributed by atoms with Gasteiger partial charge in [-0.3, -0.25) is 14.6 Å². The fraction of sp³-hybridized carbons (Fsp3) is 0.421. The van der Waals surface area contributed by atoms with Crippen molar-refractivity contribution in [2.24, 2.45) is 0 Å². The molecule has 7 nitrogen and oxygen atoms in total. The third-order valence-electron chi connectivity index (χ3n) is 5.13. The zero-order valence-corrected chi connectivity index (χ0v) is 14.6. The van der Waals surface area contributed by atoms with E-state index in [-0.39, 0.29) is 17.9 Å². The van der Waals surface area contributed by atoms with E-state index < -0.39 is 0 Å². The van der Waals surface area contributed by atoms with Crippen molar-refractivity contribution in [1.82, 2.24) is 25.1 Å². The minimum atomic E-state index is -0.0583. The number of H-pyrrole nitrogens is 1. The van der Waals surface area contributed by atoms with Gasteiger partial charge in [0, 0.05) is 51.3 Å². The van der Waals surface area contributed by atoms with Gasteiger partial charge in [-0.15, -0.1) is 0 Å². The van der Waals surface area contributed by atoms with Crippen molar-refractivity contribution in [3.8, 4) is 0 Å². The molecule has 2 fully saturated rings. The topological polar surface area (TPSA) is 81.3 Å². The normalized spacial score (nSPS) is 20.4. The monoisotopic (exact) mass is 353 g/mol. The molecule has 7 heteroatoms. The van der Waals surface area contributed by atoms with Crippen LogP contribution >= 0.6 is 0 Å². The predicted octanol–water partition coefficient (Wildman–Crippen LogP) is 1.43. The summed E-state index contributed by atoms with van der Waals surface area (Å²) in [6.07, 6.45) is 7.28. The van der Waals surface area contributed by atoms with Gasteiger partial charge in [0.25, 0.3) is 11.8 Å². The van der Waals surface area contributed by atoms with Crippen LogP contribution in [-0.2, 0) is 0 Å². The first-order chi connectivity index (χ1) is 12.7. The second-order valence-electron chi connectivity index (χ2n) is 6.81. The number of piperazine rings is 1. The number of nitrogens with zero attached hydrogens (tertiary/aromatic N) is 3. The minimum Gasteiger partial charge on any atom is -0.356 e. The molecule has 2 N–H and O–H groups in total. The summed E-state index contributed by atoms with van der Waals surface area (Å²) in [7, 11) is 0. The number of pyridine rings is 1. The minimum absolute atomic E-state index is 0.0225. The standard InChI is InChI=1S/C19H23N5O2/c25-18(15-10-16(22-12-15)19(26)23-7-1-2-8-23)24-9-6-21-13-17(24)14-4-3-5-20-11-14/h3-5,10-12,17,21-22H,1-2,6-9,13H2. The van der Waals surface area contributed by atoms with Crippen LogP contribution in [0.2, 0.25) is 0 Å². The van der Waals surface area contributed by atoms with Gasteiger partial charge < -0.3 is 20.1 Å². The summed E-state index contributed by atoms with van der Waals surface area (Å²) >= 11 is 0. The predicted molar refractivity (Wildman–Crippen MR) is 96.8 cm³/mol. The summed E-state index contributed by atoms with van der Waals surface area (Å²) in [4.78, 5) is 36.4. The number of aromatic amines is 1. The zero-order chi connectivity index (χ0) is 17.9. The van der Waals surface area contributed by atoms with Crippen molar-refractivity contribution in [3.05, 3.63) is 53.6 Å². The number of nitrogens with one attached hydrogen (secondary N) is 2. The van der Waals surface area contributed by atoms with Crippen molar-refractivity contribution in [2.45, 2.75) is 18.9 Å². The van der Waals surface area contributed by atoms with Gasteiger partial charge in [-0.25, -0.2) is 0 Å². The van der Waals surface area contributed by atoms with E-state index in [1.807, 2.05) is 21.9 Å². The van der Waals surface area contributed by atoms with Crippen molar-refractivity contribution >= 4 is 11.8 Å². The number of hydrogen-bond acceptors (Lipinski definition) is 4. The summed E-state index contributed by atoms with van der Waals surface area (Å²) in [5.74, 6) is -0.0808. The molecule has 4 rings (SSSR count). The molecule has 0 aromatic carbocycles. The highest BCUT2D eigenvalue weighted by Gasteiger charge is 2.30. The van der Waals surface area contributed by atoms with Gasteiger partial charge in [-0.2, -0.15) is 0 Å². The molecule has 0 bridgehead atoms. The Morgan fingerprint density at radius 2 is 2.00 bits per heavy atom. The second-order valence-corrected chi connectivity index (χ2v) is 6.81. The van der Waals surface area contributed by atoms with E-state index in [9.17, 15) is 9.59 Å². The van der Waals surface area contributed by atoms with Crippen molar-refractivity contribution < 1.29 is 9.59 Å². The fourth-order valence-corrected chi connectivity index (χ4v) is 3.72. The molecule has 2 aliphatic rings. The maximum Gasteiger partial charge on any atom is 0.270 e. The summed E-state index contributed by atoms with van der Waals surface area (Å²) < 4.78 is 0. The lowest BCUT2D eigenvalue weighted by atomic mass is 10.0. The lowest BCUT2D eigenvalue weighted by Gasteiger charge is -2.36. The lowest BCUT2D eigenvalue weighted by molar-refractivity contribution is 0.0634. The van der Waals surface area contributed by atoms with Crippen LogP contribution in [0.25, 0.3) is 0 Å². The smallest absolute Gasteiger partial charge is 0.270 e. The van der Waals surface area contributed by atoms with E-state index in [0.717, 1.165) is 38.0 Å². The number of amides is 2. The first kappa shape index (κ1) is 16.8. The largest absolute Gasteiger partial charge is 0.356 e. The molecule has 1 atom stereocenters. The highest BCUT2D eigenvalue weighted by molar-refractivity contribution is 5.99. The Kier molecular flexibility index (Phi) is 4.71. The number of rotatable bonds is 3. The fourth-order valence-electron chi connectivity index (χ4n) is 3.72. The molecule has 1 unspecified atom stereocenters. The van der Waals surface area contributed by atoms with Crippen molar-refractivity contribution in [2.75, 3.05) is 32.7 Å². The van der Waals surface area contributed by atoms with E-state index in [4.69, 9.17) is 0 Å². The van der Waals surface area contributed by atoms with Crippen LogP contribution in [0.5, 0.6) is 0 Å². The average molecular weight is 353 g/mol. The maximum absolute atomic E-state index is 13.1. The number of likely N-dealkylation sites (tertiary alicyclic amines) is 1. The summed E-state index contributed by atoms with van der Waals surface area (Å²) in [6.45, 7) is 3.66. The Hall–Kier alpha value is -2.67. The van der Waals surface area contributed by atoms with Crippen LogP contribution in [0.3, 0.4) is 0 Å². The molecule has 26 heavy (non-hydrogen) atoms. The molecule has 2 aromatic heterocycles. The Balaban J connectivity index is 1.53. The van der Waals surface area contributed by atoms with Gasteiger partial charge in [-0.05, 0) is 30.5 Å². The molecule has 0 saturated carbocycles. The third kappa shape index (κ3) is 3.22. The van der Waals surface area contributed by atoms with E-state index in [1.54, 1.807) is 24.7 Å². The Bertz CT molecular complexity index is 782. The molecule has 136 valence electrons. The second kappa shape index (κ2) is 7.29. The van der Waals surface area contributed by atoms with E-state index in [0.29, 0.717) is 24.3 Å². The van der Waals surface area contributed by atoms with E-state index in [1.165, 1.54) is 0 Å². The van der Waals surface area contributed by atoms with Gasteiger partial charge in [0.15, 0.2) is 0 Å². The van der Waals surface area contributed by atoms with Crippen LogP contribution < -0.4 is 5.32 Å². The van der Waals surface area contributed by atoms with Gasteiger partial charge in [0.1, 0.15) is 5.69 Å². The van der Waals surface area contributed by atoms with Crippen LogP contribution in [0.1, 0.15) is 45.3 Å². The lowest BCUT2D eigenvalue weighted by Crippen LogP contribution is -2.48. The van der Waals surface area contributed by atoms with Gasteiger partial charge in [0.05, 0.1) is 11.6 Å². The van der Waals surface area contributed by atoms with Crippen molar-refractivity contribution in [3.63, 3.8) is 0 Å². The molecule has 2 aliphatic heterocycles. The van der Waals surface area contributed by atoms with Crippen LogP contribution in [0.15, 0.2) is 36.8 Å². The van der Waals surface area contributed by atoms with Crippen LogP contribution in [-0.4, -0.2) is 64.3 Å². The zero-order valence-electron chi connectivity index (χ0n) is 14.6. The Morgan fingerprint density at radius 3 is 2.77 bits per heavy atom. The quantitative estimate of drug-likeness (QED) is 0.875. The van der Waals surface area contributed by atoms with E-state index in [2.05, 4.69) is 15.3 Å². The average Bonchev–Trinajstić information content (AvgIpc) is 3.40. The molecule has 2 saturated heterocycles. The van der Waals surface area contributed by atoms with Crippen molar-refractivity contribution in [1.29, 1.82) is 0 Å². The molecule has 0 spiro atoms. The van der Waals surface area contributed by atoms with Gasteiger partial charge >= 0.3 is 0 Å². The SMILES string of the molecule is O=C(c1cc(C(=O)N2CCNCC2c2cccnc2)c[nH]1)N1CCCC1. The Labute approximate surface area is 152 Å². The maximum atomic E-state index is 13.1. The molecule has 2 aromatic rings. The van der Waals surface area contributed by atoms with Gasteiger partial charge in [0.2, 0.25) is 0 Å². The number of aromatic nitrogens is 2. The highest BCUT2D eigenvalue weighted by Crippen LogP contribution is 2.24. The first-order valence-electron chi connectivity index (χ1n) is 9.13. The molecular weight excluding hydrogens is 330 g/mol. The molecular formula is C19H23N5O2. The number of carbonyl (C=O) groups is 2. The first-order valence-corrected chi connectivity index (χ1v) is 9.13. The number of hydrogen-bond donors (Lipinski definition) is 2. The molecule has 0 radical (unpaired) electrons. The third-order valence-corrected chi connectivity index (χ3v) is 5.13. The molecule has 2 amide bonds. The summed E-state index contributed by atoms with van der Waals surface area (Å²) in [6, 6.07) is 5.50. The van der Waals surface area contributed by atoms with Gasteiger partial charge in [-0.1, -0.05) is 6.07 Å². The highest BCUT2D eigenvalue weighted by atomic mass is 16.2. The summed E-state index contributed by atoms with van der Waals surface area (Å²) in [5.41, 5.74) is 2.03. The van der Waals surface area contributed by atoms with Crippen LogP contribution in [0, 0.1) is 0 Å². The Morgan fingerprint density at radius 1 is 1.15 bits per heavy atom. The van der Waals surface area contributed by atoms with Crippen LogP contribution in [0.4, 0.5) is 0 Å². The molecule has 4 heterocycles. The van der Waals surface area contributed by atoms with E-state index >= 15 is 0 Å². The molecule has 0 aliphatic carbocycles. The number of carbonyl (C=O) groups excluding carboxylic acids is 2. The summed E-state index contributed by atoms with van der Waals surface area (Å²) in [5, 5.41) is 3.34.